The quantitative estimate of drug-likeness (QED) is 0.701. The van der Waals surface area contributed by atoms with E-state index < -0.39 is 0 Å². The van der Waals surface area contributed by atoms with Gasteiger partial charge in [0.1, 0.15) is 6.29 Å². The summed E-state index contributed by atoms with van der Waals surface area (Å²) in [4.78, 5) is 23.5. The van der Waals surface area contributed by atoms with Crippen molar-refractivity contribution in [2.45, 2.75) is 13.3 Å². The Labute approximate surface area is 124 Å². The maximum atomic E-state index is 10.6. The molecule has 0 fully saturated rings. The molecule has 0 bridgehead atoms. The third kappa shape index (κ3) is 2.95. The smallest absolute Gasteiger partial charge is 0.229 e. The first-order valence-corrected chi connectivity index (χ1v) is 7.12. The van der Waals surface area contributed by atoms with Crippen LogP contribution in [0.3, 0.4) is 0 Å². The minimum atomic E-state index is 0.288. The number of nitrogens with one attached hydrogen (secondary N) is 2. The van der Waals surface area contributed by atoms with Gasteiger partial charge in [0.05, 0.1) is 17.6 Å². The van der Waals surface area contributed by atoms with Crippen molar-refractivity contribution in [3.05, 3.63) is 35.2 Å². The molecule has 0 saturated carbocycles. The molecular formula is C13H12N6OS. The number of carbonyl (C=O) groups is 1. The Bertz CT molecular complexity index is 765. The summed E-state index contributed by atoms with van der Waals surface area (Å²) in [5, 5.41) is 12.4. The SMILES string of the molecule is Cc1ccnc(Nc2nc(-c3cn[nH]c3CC=O)cs2)n1. The van der Waals surface area contributed by atoms with E-state index in [1.165, 1.54) is 11.3 Å². The van der Waals surface area contributed by atoms with Crippen LogP contribution in [0.2, 0.25) is 0 Å². The Kier molecular flexibility index (Phi) is 3.69. The van der Waals surface area contributed by atoms with Crippen LogP contribution in [0.5, 0.6) is 0 Å². The average Bonchev–Trinajstić information content (AvgIpc) is 3.08. The van der Waals surface area contributed by atoms with Gasteiger partial charge in [-0.3, -0.25) is 5.10 Å². The van der Waals surface area contributed by atoms with Gasteiger partial charge < -0.3 is 10.1 Å². The highest BCUT2D eigenvalue weighted by atomic mass is 32.1. The first-order valence-electron chi connectivity index (χ1n) is 6.24. The number of nitrogens with zero attached hydrogens (tertiary/aromatic N) is 4. The van der Waals surface area contributed by atoms with Crippen molar-refractivity contribution in [3.63, 3.8) is 0 Å². The van der Waals surface area contributed by atoms with Crippen LogP contribution in [-0.4, -0.2) is 31.4 Å². The Balaban J connectivity index is 1.83. The highest BCUT2D eigenvalue weighted by Crippen LogP contribution is 2.27. The van der Waals surface area contributed by atoms with E-state index in [0.29, 0.717) is 11.1 Å². The second kappa shape index (κ2) is 5.80. The van der Waals surface area contributed by atoms with Crippen LogP contribution in [0, 0.1) is 6.92 Å². The normalized spacial score (nSPS) is 10.5. The number of aromatic nitrogens is 5. The van der Waals surface area contributed by atoms with Gasteiger partial charge in [-0.25, -0.2) is 15.0 Å². The van der Waals surface area contributed by atoms with Gasteiger partial charge in [-0.1, -0.05) is 0 Å². The lowest BCUT2D eigenvalue weighted by Crippen LogP contribution is -1.97. The molecule has 3 heterocycles. The number of rotatable bonds is 5. The summed E-state index contributed by atoms with van der Waals surface area (Å²) in [5.41, 5.74) is 3.23. The number of aromatic amines is 1. The summed E-state index contributed by atoms with van der Waals surface area (Å²) < 4.78 is 0. The molecule has 2 N–H and O–H groups in total. The first-order chi connectivity index (χ1) is 10.3. The summed E-state index contributed by atoms with van der Waals surface area (Å²) in [7, 11) is 0. The lowest BCUT2D eigenvalue weighted by atomic mass is 10.2. The molecule has 0 amide bonds. The van der Waals surface area contributed by atoms with E-state index >= 15 is 0 Å². The molecule has 0 aromatic carbocycles. The molecule has 0 spiro atoms. The van der Waals surface area contributed by atoms with Crippen molar-refractivity contribution in [1.82, 2.24) is 25.1 Å². The monoisotopic (exact) mass is 300 g/mol. The molecule has 0 aliphatic carbocycles. The molecule has 0 radical (unpaired) electrons. The van der Waals surface area contributed by atoms with Crippen molar-refractivity contribution in [2.24, 2.45) is 0 Å². The Morgan fingerprint density at radius 3 is 3.14 bits per heavy atom. The second-order valence-electron chi connectivity index (χ2n) is 4.32. The van der Waals surface area contributed by atoms with E-state index in [1.54, 1.807) is 12.4 Å². The fourth-order valence-electron chi connectivity index (χ4n) is 1.83. The molecule has 0 aliphatic rings. The summed E-state index contributed by atoms with van der Waals surface area (Å²) >= 11 is 1.44. The predicted molar refractivity (Wildman–Crippen MR) is 79.5 cm³/mol. The number of hydrogen-bond acceptors (Lipinski definition) is 7. The van der Waals surface area contributed by atoms with Crippen LogP contribution in [0.4, 0.5) is 11.1 Å². The molecule has 21 heavy (non-hydrogen) atoms. The molecule has 8 heteroatoms. The maximum absolute atomic E-state index is 10.6. The van der Waals surface area contributed by atoms with Crippen molar-refractivity contribution >= 4 is 28.7 Å². The van der Waals surface area contributed by atoms with Gasteiger partial charge in [0.25, 0.3) is 0 Å². The van der Waals surface area contributed by atoms with Crippen molar-refractivity contribution in [2.75, 3.05) is 5.32 Å². The van der Waals surface area contributed by atoms with Gasteiger partial charge in [0.2, 0.25) is 5.95 Å². The van der Waals surface area contributed by atoms with Gasteiger partial charge in [-0.2, -0.15) is 5.10 Å². The minimum Gasteiger partial charge on any atom is -0.303 e. The topological polar surface area (TPSA) is 96.5 Å². The number of thiazole rings is 1. The molecule has 0 atom stereocenters. The summed E-state index contributed by atoms with van der Waals surface area (Å²) in [5.74, 6) is 0.510. The van der Waals surface area contributed by atoms with Crippen LogP contribution in [0.15, 0.2) is 23.8 Å². The Hall–Kier alpha value is -2.61. The average molecular weight is 300 g/mol. The number of aldehydes is 1. The van der Waals surface area contributed by atoms with Gasteiger partial charge in [-0.15, -0.1) is 11.3 Å². The lowest BCUT2D eigenvalue weighted by Gasteiger charge is -2.00. The second-order valence-corrected chi connectivity index (χ2v) is 5.18. The molecule has 0 unspecified atom stereocenters. The number of anilines is 2. The third-order valence-electron chi connectivity index (χ3n) is 2.80. The maximum Gasteiger partial charge on any atom is 0.229 e. The van der Waals surface area contributed by atoms with E-state index in [-0.39, 0.29) is 6.42 Å². The van der Waals surface area contributed by atoms with E-state index in [2.05, 4.69) is 30.5 Å². The lowest BCUT2D eigenvalue weighted by molar-refractivity contribution is -0.107. The van der Waals surface area contributed by atoms with Crippen LogP contribution in [0.1, 0.15) is 11.4 Å². The van der Waals surface area contributed by atoms with E-state index in [9.17, 15) is 4.79 Å². The van der Waals surface area contributed by atoms with Gasteiger partial charge in [-0.05, 0) is 13.0 Å². The van der Waals surface area contributed by atoms with Crippen molar-refractivity contribution in [3.8, 4) is 11.3 Å². The fourth-order valence-corrected chi connectivity index (χ4v) is 2.54. The molecule has 0 saturated heterocycles. The van der Waals surface area contributed by atoms with Crippen LogP contribution in [-0.2, 0) is 11.2 Å². The van der Waals surface area contributed by atoms with E-state index in [4.69, 9.17) is 0 Å². The number of hydrogen-bond donors (Lipinski definition) is 2. The van der Waals surface area contributed by atoms with E-state index in [0.717, 1.165) is 28.9 Å². The molecule has 3 aromatic heterocycles. The Morgan fingerprint density at radius 1 is 1.43 bits per heavy atom. The third-order valence-corrected chi connectivity index (χ3v) is 3.56. The molecular weight excluding hydrogens is 288 g/mol. The number of H-pyrrole nitrogens is 1. The number of aryl methyl sites for hydroxylation is 1. The zero-order valence-corrected chi connectivity index (χ0v) is 12.0. The van der Waals surface area contributed by atoms with Gasteiger partial charge in [0, 0.05) is 29.3 Å². The largest absolute Gasteiger partial charge is 0.303 e. The first kappa shape index (κ1) is 13.4. The summed E-state index contributed by atoms with van der Waals surface area (Å²) in [6.45, 7) is 1.90. The van der Waals surface area contributed by atoms with E-state index in [1.807, 2.05) is 18.4 Å². The highest BCUT2D eigenvalue weighted by molar-refractivity contribution is 7.14. The molecule has 3 rings (SSSR count). The standard InChI is InChI=1S/C13H12N6OS/c1-8-2-4-14-12(16-8)18-13-17-11(7-21-13)9-6-15-19-10(9)3-5-20/h2,4-7H,3H2,1H3,(H,15,19)(H,14,16,17,18). The van der Waals surface area contributed by atoms with Gasteiger partial charge in [0.15, 0.2) is 5.13 Å². The zero-order chi connectivity index (χ0) is 14.7. The summed E-state index contributed by atoms with van der Waals surface area (Å²) in [6.07, 6.45) is 4.48. The van der Waals surface area contributed by atoms with Crippen LogP contribution < -0.4 is 5.32 Å². The molecule has 3 aromatic rings. The van der Waals surface area contributed by atoms with Gasteiger partial charge >= 0.3 is 0 Å². The zero-order valence-electron chi connectivity index (χ0n) is 11.2. The van der Waals surface area contributed by atoms with Crippen LogP contribution >= 0.6 is 11.3 Å². The minimum absolute atomic E-state index is 0.288. The molecule has 7 nitrogen and oxygen atoms in total. The van der Waals surface area contributed by atoms with Crippen molar-refractivity contribution in [1.29, 1.82) is 0 Å². The fraction of sp³-hybridized carbons (Fsp3) is 0.154. The Morgan fingerprint density at radius 2 is 2.33 bits per heavy atom. The van der Waals surface area contributed by atoms with Crippen molar-refractivity contribution < 1.29 is 4.79 Å². The summed E-state index contributed by atoms with van der Waals surface area (Å²) in [6, 6.07) is 1.83. The molecule has 106 valence electrons. The number of carbonyl (C=O) groups excluding carboxylic acids is 1. The predicted octanol–water partition coefficient (Wildman–Crippen LogP) is 2.12. The highest BCUT2D eigenvalue weighted by Gasteiger charge is 2.11. The van der Waals surface area contributed by atoms with Crippen LogP contribution in [0.25, 0.3) is 11.3 Å². The molecule has 0 aliphatic heterocycles.